The third kappa shape index (κ3) is 3.13. The van der Waals surface area contributed by atoms with Crippen molar-refractivity contribution in [2.24, 2.45) is 5.41 Å². The summed E-state index contributed by atoms with van der Waals surface area (Å²) >= 11 is 0. The molecule has 2 heterocycles. The Kier molecular flexibility index (Phi) is 4.63. The van der Waals surface area contributed by atoms with Crippen molar-refractivity contribution >= 4 is 27.3 Å². The fourth-order valence-corrected chi connectivity index (χ4v) is 5.73. The van der Waals surface area contributed by atoms with E-state index in [9.17, 15) is 18.0 Å². The number of nitrogens with zero attached hydrogens (tertiary/aromatic N) is 2. The molecule has 1 aromatic rings. The lowest BCUT2D eigenvalue weighted by molar-refractivity contribution is -0.147. The highest BCUT2D eigenvalue weighted by Crippen LogP contribution is 2.36. The first-order valence-corrected chi connectivity index (χ1v) is 10.8. The summed E-state index contributed by atoms with van der Waals surface area (Å²) in [7, 11) is -1.49. The number of fused-ring (bicyclic) bond motifs is 1. The molecule has 142 valence electrons. The van der Waals surface area contributed by atoms with Crippen molar-refractivity contribution in [3.63, 3.8) is 0 Å². The maximum Gasteiger partial charge on any atom is 0.242 e. The molecule has 1 saturated heterocycles. The molecule has 0 aliphatic carbocycles. The van der Waals surface area contributed by atoms with Crippen LogP contribution < -0.4 is 4.90 Å². The van der Waals surface area contributed by atoms with E-state index < -0.39 is 15.3 Å². The van der Waals surface area contributed by atoms with Crippen LogP contribution in [0.1, 0.15) is 32.8 Å². The van der Waals surface area contributed by atoms with E-state index >= 15 is 0 Å². The summed E-state index contributed by atoms with van der Waals surface area (Å²) in [6.45, 7) is 5.24. The van der Waals surface area contributed by atoms with Crippen molar-refractivity contribution in [1.29, 1.82) is 0 Å². The number of carbonyl (C=O) groups is 2. The molecule has 1 fully saturated rings. The van der Waals surface area contributed by atoms with Crippen molar-refractivity contribution in [1.82, 2.24) is 4.90 Å². The molecule has 2 amide bonds. The van der Waals surface area contributed by atoms with Crippen molar-refractivity contribution in [2.45, 2.75) is 45.7 Å². The van der Waals surface area contributed by atoms with Gasteiger partial charge in [0.1, 0.15) is 5.41 Å². The highest BCUT2D eigenvalue weighted by Gasteiger charge is 2.46. The molecule has 1 aromatic carbocycles. The molecule has 6 nitrogen and oxygen atoms in total. The van der Waals surface area contributed by atoms with Gasteiger partial charge < -0.3 is 9.80 Å². The molecule has 0 radical (unpaired) electrons. The first-order chi connectivity index (χ1) is 12.0. The summed E-state index contributed by atoms with van der Waals surface area (Å²) in [4.78, 5) is 29.5. The molecule has 0 saturated carbocycles. The molecule has 2 unspecified atom stereocenters. The molecule has 0 N–H and O–H groups in total. The van der Waals surface area contributed by atoms with Crippen LogP contribution in [-0.2, 0) is 25.8 Å². The SMILES string of the molecule is CC1Cc2ccccc2N1C(=O)C(C)(C)C(=O)N(C)C1CCS(=O)(=O)C1. The molecule has 3 rings (SSSR count). The Hall–Kier alpha value is -1.89. The van der Waals surface area contributed by atoms with Gasteiger partial charge in [0, 0.05) is 24.8 Å². The van der Waals surface area contributed by atoms with Gasteiger partial charge in [-0.05, 0) is 45.2 Å². The molecule has 26 heavy (non-hydrogen) atoms. The zero-order chi connectivity index (χ0) is 19.3. The summed E-state index contributed by atoms with van der Waals surface area (Å²) in [5, 5.41) is 0. The Morgan fingerprint density at radius 3 is 2.50 bits per heavy atom. The average molecular weight is 378 g/mol. The topological polar surface area (TPSA) is 74.8 Å². The van der Waals surface area contributed by atoms with Crippen LogP contribution in [0.25, 0.3) is 0 Å². The second-order valence-electron chi connectivity index (χ2n) is 7.95. The summed E-state index contributed by atoms with van der Waals surface area (Å²) in [6, 6.07) is 7.38. The van der Waals surface area contributed by atoms with Crippen molar-refractivity contribution in [3.8, 4) is 0 Å². The minimum atomic E-state index is -3.09. The van der Waals surface area contributed by atoms with E-state index in [1.807, 2.05) is 31.2 Å². The lowest BCUT2D eigenvalue weighted by Gasteiger charge is -2.35. The van der Waals surface area contributed by atoms with Gasteiger partial charge in [-0.1, -0.05) is 18.2 Å². The molecule has 0 aromatic heterocycles. The number of anilines is 1. The van der Waals surface area contributed by atoms with E-state index in [0.717, 1.165) is 17.7 Å². The van der Waals surface area contributed by atoms with Gasteiger partial charge in [-0.25, -0.2) is 8.42 Å². The van der Waals surface area contributed by atoms with Crippen LogP contribution in [0.3, 0.4) is 0 Å². The molecule has 0 spiro atoms. The molecule has 0 bridgehead atoms. The maximum absolute atomic E-state index is 13.3. The van der Waals surface area contributed by atoms with E-state index in [-0.39, 0.29) is 35.4 Å². The minimum absolute atomic E-state index is 0.0101. The summed E-state index contributed by atoms with van der Waals surface area (Å²) < 4.78 is 23.5. The molecular formula is C19H26N2O4S. The zero-order valence-corrected chi connectivity index (χ0v) is 16.5. The highest BCUT2D eigenvalue weighted by atomic mass is 32.2. The minimum Gasteiger partial charge on any atom is -0.341 e. The number of rotatable bonds is 3. The summed E-state index contributed by atoms with van der Waals surface area (Å²) in [5.74, 6) is -0.503. The number of hydrogen-bond acceptors (Lipinski definition) is 4. The third-order valence-electron chi connectivity index (χ3n) is 5.57. The Labute approximate surface area is 155 Å². The molecular weight excluding hydrogens is 352 g/mol. The van der Waals surface area contributed by atoms with E-state index in [1.165, 1.54) is 4.90 Å². The van der Waals surface area contributed by atoms with Gasteiger partial charge in [-0.3, -0.25) is 9.59 Å². The van der Waals surface area contributed by atoms with Crippen molar-refractivity contribution in [3.05, 3.63) is 29.8 Å². The Morgan fingerprint density at radius 1 is 1.23 bits per heavy atom. The van der Waals surface area contributed by atoms with Gasteiger partial charge in [0.15, 0.2) is 9.84 Å². The fraction of sp³-hybridized carbons (Fsp3) is 0.579. The van der Waals surface area contributed by atoms with Gasteiger partial charge >= 0.3 is 0 Å². The largest absolute Gasteiger partial charge is 0.341 e. The lowest BCUT2D eigenvalue weighted by Crippen LogP contribution is -2.53. The molecule has 2 atom stereocenters. The van der Waals surface area contributed by atoms with E-state index in [2.05, 4.69) is 0 Å². The number of hydrogen-bond donors (Lipinski definition) is 0. The summed E-state index contributed by atoms with van der Waals surface area (Å²) in [5.41, 5.74) is 0.705. The van der Waals surface area contributed by atoms with E-state index in [4.69, 9.17) is 0 Å². The number of benzene rings is 1. The van der Waals surface area contributed by atoms with Gasteiger partial charge in [-0.15, -0.1) is 0 Å². The van der Waals surface area contributed by atoms with Crippen LogP contribution >= 0.6 is 0 Å². The number of sulfone groups is 1. The molecule has 7 heteroatoms. The second kappa shape index (κ2) is 6.37. The quantitative estimate of drug-likeness (QED) is 0.750. The number of para-hydroxylation sites is 1. The van der Waals surface area contributed by atoms with Gasteiger partial charge in [0.25, 0.3) is 0 Å². The second-order valence-corrected chi connectivity index (χ2v) is 10.2. The van der Waals surface area contributed by atoms with E-state index in [1.54, 1.807) is 25.8 Å². The fourth-order valence-electron chi connectivity index (χ4n) is 3.96. The number of amides is 2. The van der Waals surface area contributed by atoms with Crippen LogP contribution in [0.2, 0.25) is 0 Å². The lowest BCUT2D eigenvalue weighted by atomic mass is 9.88. The zero-order valence-electron chi connectivity index (χ0n) is 15.7. The van der Waals surface area contributed by atoms with Gasteiger partial charge in [0.05, 0.1) is 11.5 Å². The Balaban J connectivity index is 1.83. The Bertz CT molecular complexity index is 847. The van der Waals surface area contributed by atoms with E-state index in [0.29, 0.717) is 6.42 Å². The summed E-state index contributed by atoms with van der Waals surface area (Å²) in [6.07, 6.45) is 1.20. The van der Waals surface area contributed by atoms with Crippen LogP contribution in [-0.4, -0.2) is 55.8 Å². The number of carbonyl (C=O) groups excluding carboxylic acids is 2. The van der Waals surface area contributed by atoms with Gasteiger partial charge in [0.2, 0.25) is 11.8 Å². The normalized spacial score (nSPS) is 24.4. The third-order valence-corrected chi connectivity index (χ3v) is 7.32. The standard InChI is InChI=1S/C19H26N2O4S/c1-13-11-14-7-5-6-8-16(14)21(13)18(23)19(2,3)17(22)20(4)15-9-10-26(24,25)12-15/h5-8,13,15H,9-12H2,1-4H3. The maximum atomic E-state index is 13.3. The first-order valence-electron chi connectivity index (χ1n) is 8.94. The highest BCUT2D eigenvalue weighted by molar-refractivity contribution is 7.91. The van der Waals surface area contributed by atoms with Crippen molar-refractivity contribution in [2.75, 3.05) is 23.5 Å². The average Bonchev–Trinajstić information content (AvgIpc) is 3.11. The predicted octanol–water partition coefficient (Wildman–Crippen LogP) is 1.64. The predicted molar refractivity (Wildman–Crippen MR) is 101 cm³/mol. The van der Waals surface area contributed by atoms with Crippen LogP contribution in [0, 0.1) is 5.41 Å². The van der Waals surface area contributed by atoms with Crippen LogP contribution in [0.5, 0.6) is 0 Å². The first kappa shape index (κ1) is 18.9. The Morgan fingerprint density at radius 2 is 1.88 bits per heavy atom. The van der Waals surface area contributed by atoms with Crippen LogP contribution in [0.15, 0.2) is 24.3 Å². The van der Waals surface area contributed by atoms with Crippen LogP contribution in [0.4, 0.5) is 5.69 Å². The van der Waals surface area contributed by atoms with Gasteiger partial charge in [-0.2, -0.15) is 0 Å². The molecule has 2 aliphatic rings. The monoisotopic (exact) mass is 378 g/mol. The van der Waals surface area contributed by atoms with Crippen molar-refractivity contribution < 1.29 is 18.0 Å². The smallest absolute Gasteiger partial charge is 0.242 e. The molecule has 2 aliphatic heterocycles.